The summed E-state index contributed by atoms with van der Waals surface area (Å²) in [4.78, 5) is 12.7. The van der Waals surface area contributed by atoms with Crippen molar-refractivity contribution in [2.75, 3.05) is 0 Å². The lowest BCUT2D eigenvalue weighted by Crippen LogP contribution is -2.53. The molecule has 118 valence electrons. The summed E-state index contributed by atoms with van der Waals surface area (Å²) < 4.78 is 5.14. The quantitative estimate of drug-likeness (QED) is 0.696. The molecule has 22 heavy (non-hydrogen) atoms. The van der Waals surface area contributed by atoms with E-state index in [1.165, 1.54) is 6.42 Å². The molecule has 2 saturated carbocycles. The van der Waals surface area contributed by atoms with Crippen LogP contribution in [0.4, 0.5) is 0 Å². The third-order valence-electron chi connectivity index (χ3n) is 5.88. The molecule has 1 heterocycles. The second-order valence-electron chi connectivity index (χ2n) is 7.98. The van der Waals surface area contributed by atoms with Crippen LogP contribution in [-0.4, -0.2) is 5.78 Å². The van der Waals surface area contributed by atoms with Gasteiger partial charge in [0.25, 0.3) is 0 Å². The zero-order valence-corrected chi connectivity index (χ0v) is 13.9. The largest absolute Gasteiger partial charge is 0.472 e. The van der Waals surface area contributed by atoms with Crippen LogP contribution < -0.4 is 0 Å². The van der Waals surface area contributed by atoms with Crippen LogP contribution in [0.5, 0.6) is 0 Å². The smallest absolute Gasteiger partial charge is 0.141 e. The zero-order valence-electron chi connectivity index (χ0n) is 13.9. The maximum atomic E-state index is 12.7. The van der Waals surface area contributed by atoms with Gasteiger partial charge >= 0.3 is 0 Å². The first-order valence-electron chi connectivity index (χ1n) is 8.25. The molecule has 3 atom stereocenters. The van der Waals surface area contributed by atoms with Crippen molar-refractivity contribution in [2.45, 2.75) is 46.5 Å². The van der Waals surface area contributed by atoms with Crippen molar-refractivity contribution in [3.63, 3.8) is 0 Å². The minimum Gasteiger partial charge on any atom is -0.472 e. The highest BCUT2D eigenvalue weighted by molar-refractivity contribution is 5.86. The van der Waals surface area contributed by atoms with Crippen LogP contribution in [0.15, 0.2) is 41.2 Å². The summed E-state index contributed by atoms with van der Waals surface area (Å²) in [6, 6.07) is 1.96. The average molecular weight is 298 g/mol. The van der Waals surface area contributed by atoms with Crippen molar-refractivity contribution >= 4 is 11.9 Å². The lowest BCUT2D eigenvalue weighted by atomic mass is 9.47. The third-order valence-corrected chi connectivity index (χ3v) is 5.88. The summed E-state index contributed by atoms with van der Waals surface area (Å²) in [6.45, 7) is 11.1. The summed E-state index contributed by atoms with van der Waals surface area (Å²) in [7, 11) is 0. The van der Waals surface area contributed by atoms with Gasteiger partial charge in [-0.1, -0.05) is 51.5 Å². The van der Waals surface area contributed by atoms with Gasteiger partial charge in [0.2, 0.25) is 0 Å². The molecule has 1 aromatic rings. The van der Waals surface area contributed by atoms with E-state index in [9.17, 15) is 4.79 Å². The van der Waals surface area contributed by atoms with Gasteiger partial charge in [0.05, 0.1) is 12.5 Å². The van der Waals surface area contributed by atoms with Gasteiger partial charge in [0, 0.05) is 23.8 Å². The van der Waals surface area contributed by atoms with E-state index in [4.69, 9.17) is 4.42 Å². The maximum absolute atomic E-state index is 12.7. The second kappa shape index (κ2) is 5.26. The van der Waals surface area contributed by atoms with Gasteiger partial charge in [-0.15, -0.1) is 0 Å². The van der Waals surface area contributed by atoms with E-state index in [1.54, 1.807) is 12.5 Å². The number of fused-ring (bicyclic) bond motifs is 1. The van der Waals surface area contributed by atoms with Crippen molar-refractivity contribution in [1.82, 2.24) is 0 Å². The average Bonchev–Trinajstić information content (AvgIpc) is 2.89. The fourth-order valence-electron chi connectivity index (χ4n) is 5.08. The molecular formula is C20H26O2. The Morgan fingerprint density at radius 1 is 1.32 bits per heavy atom. The first-order chi connectivity index (χ1) is 10.3. The molecule has 0 bridgehead atoms. The van der Waals surface area contributed by atoms with Gasteiger partial charge in [0.1, 0.15) is 5.78 Å². The Balaban J connectivity index is 1.98. The van der Waals surface area contributed by atoms with E-state index in [0.29, 0.717) is 12.2 Å². The van der Waals surface area contributed by atoms with Crippen LogP contribution in [0.1, 0.15) is 52.0 Å². The molecule has 0 aromatic carbocycles. The Hall–Kier alpha value is -1.57. The number of furan rings is 1. The summed E-state index contributed by atoms with van der Waals surface area (Å²) in [5.41, 5.74) is 2.22. The molecule has 0 spiro atoms. The fourth-order valence-corrected chi connectivity index (χ4v) is 5.08. The molecule has 3 rings (SSSR count). The third kappa shape index (κ3) is 2.39. The highest BCUT2D eigenvalue weighted by atomic mass is 16.3. The van der Waals surface area contributed by atoms with Crippen molar-refractivity contribution in [2.24, 2.45) is 22.7 Å². The normalized spacial score (nSPS) is 34.9. The lowest BCUT2D eigenvalue weighted by molar-refractivity contribution is -0.141. The minimum absolute atomic E-state index is 0.00555. The fraction of sp³-hybridized carbons (Fsp3) is 0.550. The zero-order chi connectivity index (χ0) is 16.0. The predicted octanol–water partition coefficient (Wildman–Crippen LogP) is 5.27. The molecule has 0 N–H and O–H groups in total. The summed E-state index contributed by atoms with van der Waals surface area (Å²) in [5, 5.41) is 0. The minimum atomic E-state index is -0.00555. The molecule has 2 aliphatic carbocycles. The van der Waals surface area contributed by atoms with Crippen molar-refractivity contribution in [1.29, 1.82) is 0 Å². The molecule has 0 radical (unpaired) electrons. The highest BCUT2D eigenvalue weighted by Crippen LogP contribution is 2.59. The van der Waals surface area contributed by atoms with Crippen LogP contribution >= 0.6 is 0 Å². The maximum Gasteiger partial charge on any atom is 0.141 e. The molecular weight excluding hydrogens is 272 g/mol. The lowest BCUT2D eigenvalue weighted by Gasteiger charge is -2.56. The number of allylic oxidation sites excluding steroid dienone is 2. The molecule has 2 nitrogen and oxygen atoms in total. The number of ketones is 1. The van der Waals surface area contributed by atoms with Gasteiger partial charge in [-0.3, -0.25) is 4.79 Å². The number of hydrogen-bond acceptors (Lipinski definition) is 2. The van der Waals surface area contributed by atoms with Crippen LogP contribution in [0, 0.1) is 22.7 Å². The Labute approximate surface area is 133 Å². The van der Waals surface area contributed by atoms with Crippen LogP contribution in [0.3, 0.4) is 0 Å². The Morgan fingerprint density at radius 2 is 2.09 bits per heavy atom. The van der Waals surface area contributed by atoms with E-state index in [0.717, 1.165) is 24.0 Å². The van der Waals surface area contributed by atoms with E-state index in [1.807, 2.05) is 6.07 Å². The first kappa shape index (κ1) is 15.3. The van der Waals surface area contributed by atoms with E-state index in [2.05, 4.69) is 39.5 Å². The number of carbonyl (C=O) groups is 1. The first-order valence-corrected chi connectivity index (χ1v) is 8.25. The number of carbonyl (C=O) groups excluding carboxylic acids is 1. The molecule has 0 saturated heterocycles. The van der Waals surface area contributed by atoms with Crippen molar-refractivity contribution in [3.8, 4) is 0 Å². The van der Waals surface area contributed by atoms with Gasteiger partial charge < -0.3 is 4.42 Å². The molecule has 2 heteroatoms. The Kier molecular flexibility index (Phi) is 3.66. The second-order valence-corrected chi connectivity index (χ2v) is 7.98. The van der Waals surface area contributed by atoms with Gasteiger partial charge in [-0.25, -0.2) is 0 Å². The highest BCUT2D eigenvalue weighted by Gasteiger charge is 2.55. The summed E-state index contributed by atoms with van der Waals surface area (Å²) in [5.74, 6) is 0.799. The van der Waals surface area contributed by atoms with Gasteiger partial charge in [0.15, 0.2) is 0 Å². The van der Waals surface area contributed by atoms with E-state index in [-0.39, 0.29) is 22.7 Å². The predicted molar refractivity (Wildman–Crippen MR) is 89.2 cm³/mol. The number of hydrogen-bond donors (Lipinski definition) is 0. The van der Waals surface area contributed by atoms with Gasteiger partial charge in [-0.2, -0.15) is 0 Å². The number of Topliss-reactive ketones (excluding diaryl/α,β-unsaturated/α-hetero) is 1. The molecule has 2 fully saturated rings. The molecule has 2 aliphatic rings. The molecule has 0 aliphatic heterocycles. The SMILES string of the molecule is C=C1CC(=O)[C@H]2C(C)(C)CCC[C@]2(C)[C@H]1/C=C/c1ccoc1. The van der Waals surface area contributed by atoms with Crippen LogP contribution in [-0.2, 0) is 4.79 Å². The molecule has 1 aromatic heterocycles. The standard InChI is InChI=1S/C20H26O2/c1-14-12-17(21)18-19(2,3)9-5-10-20(18,4)16(14)7-6-15-8-11-22-13-15/h6-8,11,13,16,18H,1,5,9-10,12H2,2-4H3/b7-6+/t16-,18-,20+/m0/s1. The van der Waals surface area contributed by atoms with E-state index >= 15 is 0 Å². The Bertz CT molecular complexity index is 606. The van der Waals surface area contributed by atoms with Crippen LogP contribution in [0.25, 0.3) is 6.08 Å². The van der Waals surface area contributed by atoms with E-state index < -0.39 is 0 Å². The molecule has 0 unspecified atom stereocenters. The summed E-state index contributed by atoms with van der Waals surface area (Å²) >= 11 is 0. The Morgan fingerprint density at radius 3 is 2.77 bits per heavy atom. The van der Waals surface area contributed by atoms with Gasteiger partial charge in [-0.05, 0) is 29.7 Å². The monoisotopic (exact) mass is 298 g/mol. The van der Waals surface area contributed by atoms with Crippen molar-refractivity contribution < 1.29 is 9.21 Å². The topological polar surface area (TPSA) is 30.2 Å². The van der Waals surface area contributed by atoms with Crippen molar-refractivity contribution in [3.05, 3.63) is 42.4 Å². The summed E-state index contributed by atoms with van der Waals surface area (Å²) in [6.07, 6.45) is 11.8. The molecule has 0 amide bonds. The van der Waals surface area contributed by atoms with Crippen LogP contribution in [0.2, 0.25) is 0 Å². The number of rotatable bonds is 2.